The highest BCUT2D eigenvalue weighted by atomic mass is 32.1. The van der Waals surface area contributed by atoms with Gasteiger partial charge in [0.25, 0.3) is 5.56 Å². The zero-order chi connectivity index (χ0) is 28.4. The van der Waals surface area contributed by atoms with Crippen LogP contribution in [0.2, 0.25) is 0 Å². The molecule has 8 nitrogen and oxygen atoms in total. The van der Waals surface area contributed by atoms with E-state index in [-0.39, 0.29) is 24.7 Å². The lowest BCUT2D eigenvalue weighted by Gasteiger charge is -2.33. The summed E-state index contributed by atoms with van der Waals surface area (Å²) in [6.45, 7) is 1.41. The molecule has 4 aromatic rings. The van der Waals surface area contributed by atoms with Crippen LogP contribution in [0.4, 0.5) is 19.1 Å². The Hall–Kier alpha value is -3.76. The number of nitrogens with two attached hydrogens (primary N) is 1. The van der Waals surface area contributed by atoms with Crippen molar-refractivity contribution in [3.05, 3.63) is 92.1 Å². The van der Waals surface area contributed by atoms with E-state index in [1.807, 2.05) is 11.0 Å². The minimum Gasteiger partial charge on any atom is -0.374 e. The van der Waals surface area contributed by atoms with Crippen molar-refractivity contribution >= 4 is 27.5 Å². The number of nitrogens with one attached hydrogen (secondary N) is 1. The van der Waals surface area contributed by atoms with Crippen LogP contribution in [-0.2, 0) is 19.3 Å². The SMILES string of the molecule is N#Cc1ccccc1Cn1c(N2CCC[C@@H](N)C2)nc2c(C(O)NCc3ccc(C(F)(F)F)cc3)csc2c1=O. The topological polar surface area (TPSA) is 120 Å². The van der Waals surface area contributed by atoms with Crippen molar-refractivity contribution in [1.82, 2.24) is 14.9 Å². The Balaban J connectivity index is 1.48. The van der Waals surface area contributed by atoms with Crippen LogP contribution >= 0.6 is 11.3 Å². The molecule has 2 atom stereocenters. The molecular formula is C28H27F3N6O2S. The number of thiophene rings is 1. The number of aromatic nitrogens is 2. The molecule has 0 spiro atoms. The van der Waals surface area contributed by atoms with E-state index in [4.69, 9.17) is 10.7 Å². The molecule has 0 amide bonds. The maximum atomic E-state index is 13.8. The van der Waals surface area contributed by atoms with Crippen molar-refractivity contribution in [2.45, 2.75) is 44.4 Å². The van der Waals surface area contributed by atoms with Crippen LogP contribution in [0.3, 0.4) is 0 Å². The van der Waals surface area contributed by atoms with Crippen molar-refractivity contribution in [3.63, 3.8) is 0 Å². The Morgan fingerprint density at radius 2 is 1.98 bits per heavy atom. The molecule has 5 rings (SSSR count). The molecule has 0 bridgehead atoms. The Morgan fingerprint density at radius 3 is 2.67 bits per heavy atom. The number of aliphatic hydroxyl groups is 1. The first kappa shape index (κ1) is 27.8. The monoisotopic (exact) mass is 568 g/mol. The maximum absolute atomic E-state index is 13.8. The van der Waals surface area contributed by atoms with Gasteiger partial charge in [0.1, 0.15) is 10.9 Å². The summed E-state index contributed by atoms with van der Waals surface area (Å²) in [5.41, 5.74) is 7.65. The number of fused-ring (bicyclic) bond motifs is 1. The number of aliphatic hydroxyl groups excluding tert-OH is 1. The largest absolute Gasteiger partial charge is 0.416 e. The fourth-order valence-electron chi connectivity index (χ4n) is 4.85. The molecule has 2 aromatic heterocycles. The summed E-state index contributed by atoms with van der Waals surface area (Å²) in [5, 5.41) is 25.1. The highest BCUT2D eigenvalue weighted by molar-refractivity contribution is 7.17. The summed E-state index contributed by atoms with van der Waals surface area (Å²) >= 11 is 1.16. The normalized spacial score (nSPS) is 16.7. The highest BCUT2D eigenvalue weighted by Crippen LogP contribution is 2.31. The zero-order valence-electron chi connectivity index (χ0n) is 21.4. The molecule has 1 unspecified atom stereocenters. The third kappa shape index (κ3) is 5.73. The van der Waals surface area contributed by atoms with Crippen molar-refractivity contribution in [2.75, 3.05) is 18.0 Å². The van der Waals surface area contributed by atoms with E-state index < -0.39 is 18.0 Å². The average Bonchev–Trinajstić information content (AvgIpc) is 3.37. The van der Waals surface area contributed by atoms with E-state index in [0.29, 0.717) is 51.5 Å². The molecule has 2 aromatic carbocycles. The molecule has 4 N–H and O–H groups in total. The third-order valence-electron chi connectivity index (χ3n) is 6.97. The summed E-state index contributed by atoms with van der Waals surface area (Å²) < 4.78 is 40.5. The minimum atomic E-state index is -4.42. The maximum Gasteiger partial charge on any atom is 0.416 e. The van der Waals surface area contributed by atoms with Crippen molar-refractivity contribution in [3.8, 4) is 6.07 Å². The Bertz CT molecular complexity index is 1610. The summed E-state index contributed by atoms with van der Waals surface area (Å²) in [6.07, 6.45) is -3.95. The van der Waals surface area contributed by atoms with Crippen LogP contribution in [0, 0.1) is 11.3 Å². The van der Waals surface area contributed by atoms with Crippen molar-refractivity contribution in [2.24, 2.45) is 5.73 Å². The number of nitrogens with zero attached hydrogens (tertiary/aromatic N) is 4. The molecule has 1 aliphatic heterocycles. The Labute approximate surface area is 232 Å². The van der Waals surface area contributed by atoms with E-state index in [1.54, 1.807) is 28.1 Å². The quantitative estimate of drug-likeness (QED) is 0.287. The minimum absolute atomic E-state index is 0.0841. The standard InChI is InChI=1S/C28H27F3N6O2S/c29-28(30,31)20-9-7-17(8-10-20)13-34-25(38)22-16-40-24-23(22)35-27(36-11-3-6-21(33)15-36)37(26(24)39)14-19-5-2-1-4-18(19)12-32/h1-2,4-5,7-10,16,21,25,34,38H,3,6,11,13-15,33H2/t21-,25?/m1/s1. The molecule has 1 aliphatic rings. The van der Waals surface area contributed by atoms with Crippen LogP contribution in [0.5, 0.6) is 0 Å². The molecule has 3 heterocycles. The molecule has 1 fully saturated rings. The molecule has 0 aliphatic carbocycles. The van der Waals surface area contributed by atoms with Gasteiger partial charge in [0.15, 0.2) is 0 Å². The summed E-state index contributed by atoms with van der Waals surface area (Å²) in [4.78, 5) is 20.6. The van der Waals surface area contributed by atoms with Crippen LogP contribution in [0.25, 0.3) is 10.2 Å². The first-order valence-electron chi connectivity index (χ1n) is 12.7. The number of nitriles is 1. The fraction of sp³-hybridized carbons (Fsp3) is 0.321. The molecule has 40 heavy (non-hydrogen) atoms. The van der Waals surface area contributed by atoms with E-state index in [0.717, 1.165) is 36.3 Å². The van der Waals surface area contributed by atoms with E-state index >= 15 is 0 Å². The van der Waals surface area contributed by atoms with E-state index in [1.165, 1.54) is 12.1 Å². The Morgan fingerprint density at radius 1 is 1.23 bits per heavy atom. The van der Waals surface area contributed by atoms with Crippen molar-refractivity contribution < 1.29 is 18.3 Å². The summed E-state index contributed by atoms with van der Waals surface area (Å²) in [7, 11) is 0. The van der Waals surface area contributed by atoms with E-state index in [9.17, 15) is 28.3 Å². The number of hydrogen-bond acceptors (Lipinski definition) is 8. The number of hydrogen-bond donors (Lipinski definition) is 3. The summed E-state index contributed by atoms with van der Waals surface area (Å²) in [5.74, 6) is 0.412. The van der Waals surface area contributed by atoms with E-state index in [2.05, 4.69) is 11.4 Å². The van der Waals surface area contributed by atoms with Gasteiger partial charge in [-0.1, -0.05) is 30.3 Å². The van der Waals surface area contributed by atoms with Crippen LogP contribution in [0.15, 0.2) is 58.7 Å². The smallest absolute Gasteiger partial charge is 0.374 e. The lowest BCUT2D eigenvalue weighted by atomic mass is 10.1. The Kier molecular flexibility index (Phi) is 7.91. The van der Waals surface area contributed by atoms with Gasteiger partial charge in [-0.2, -0.15) is 18.4 Å². The lowest BCUT2D eigenvalue weighted by Crippen LogP contribution is -2.45. The van der Waals surface area contributed by atoms with Gasteiger partial charge in [0, 0.05) is 36.6 Å². The van der Waals surface area contributed by atoms with Crippen molar-refractivity contribution in [1.29, 1.82) is 5.26 Å². The van der Waals surface area contributed by atoms with Gasteiger partial charge in [-0.3, -0.25) is 14.7 Å². The van der Waals surface area contributed by atoms with Gasteiger partial charge in [0.05, 0.1) is 29.3 Å². The number of alkyl halides is 3. The lowest BCUT2D eigenvalue weighted by molar-refractivity contribution is -0.137. The number of rotatable bonds is 7. The molecule has 208 valence electrons. The average molecular weight is 569 g/mol. The van der Waals surface area contributed by atoms with Gasteiger partial charge in [-0.05, 0) is 42.2 Å². The van der Waals surface area contributed by atoms with Gasteiger partial charge < -0.3 is 15.7 Å². The second-order valence-corrected chi connectivity index (χ2v) is 10.6. The number of halogens is 3. The fourth-order valence-corrected chi connectivity index (χ4v) is 5.82. The highest BCUT2D eigenvalue weighted by Gasteiger charge is 2.30. The molecule has 0 radical (unpaired) electrons. The van der Waals surface area contributed by atoms with Gasteiger partial charge in [0.2, 0.25) is 5.95 Å². The molecular weight excluding hydrogens is 541 g/mol. The number of anilines is 1. The predicted molar refractivity (Wildman–Crippen MR) is 147 cm³/mol. The third-order valence-corrected chi connectivity index (χ3v) is 7.94. The first-order valence-corrected chi connectivity index (χ1v) is 13.6. The second kappa shape index (κ2) is 11.4. The zero-order valence-corrected chi connectivity index (χ0v) is 22.2. The number of benzene rings is 2. The van der Waals surface area contributed by atoms with Crippen LogP contribution < -0.4 is 21.5 Å². The molecule has 1 saturated heterocycles. The van der Waals surface area contributed by atoms with Gasteiger partial charge >= 0.3 is 6.18 Å². The van der Waals surface area contributed by atoms with Crippen LogP contribution in [0.1, 0.15) is 46.9 Å². The molecule has 12 heteroatoms. The summed E-state index contributed by atoms with van der Waals surface area (Å²) in [6, 6.07) is 13.8. The second-order valence-electron chi connectivity index (χ2n) is 9.77. The molecule has 0 saturated carbocycles. The van der Waals surface area contributed by atoms with Gasteiger partial charge in [-0.25, -0.2) is 4.98 Å². The predicted octanol–water partition coefficient (Wildman–Crippen LogP) is 4.10. The first-order chi connectivity index (χ1) is 19.2. The number of piperidine rings is 1. The van der Waals surface area contributed by atoms with Gasteiger partial charge in [-0.15, -0.1) is 11.3 Å². The van der Waals surface area contributed by atoms with Crippen LogP contribution in [-0.4, -0.2) is 33.8 Å².